The van der Waals surface area contributed by atoms with Crippen LogP contribution in [0.4, 0.5) is 0 Å². The summed E-state index contributed by atoms with van der Waals surface area (Å²) < 4.78 is 9.76. The molecule has 14 nitrogen and oxygen atoms in total. The first-order valence-corrected chi connectivity index (χ1v) is 7.19. The van der Waals surface area contributed by atoms with Gasteiger partial charge in [0.1, 0.15) is 47.6 Å². The molecule has 0 unspecified atom stereocenters. The fourth-order valence-electron chi connectivity index (χ4n) is 1.33. The summed E-state index contributed by atoms with van der Waals surface area (Å²) in [5.41, 5.74) is -1.48. The van der Waals surface area contributed by atoms with Crippen LogP contribution in [0.25, 0.3) is 23.1 Å². The first kappa shape index (κ1) is 57.8. The maximum absolute atomic E-state index is 8.52. The van der Waals surface area contributed by atoms with Gasteiger partial charge in [-0.25, -0.2) is 11.7 Å². The molecule has 0 heterocycles. The molecule has 0 aliphatic heterocycles. The van der Waals surface area contributed by atoms with Gasteiger partial charge in [-0.2, -0.15) is 31.6 Å². The van der Waals surface area contributed by atoms with Gasteiger partial charge in [0.15, 0.2) is 22.7 Å². The average Bonchev–Trinajstić information content (AvgIpc) is 2.72. The SMILES string of the molecule is CCOC(C(=C=[N-])C#N)=C(C#N)C#N.CCOC(C(=C=[N-])C#N)=C(C#N)C#N.[Cu+2].[Cu+2].[Cu+2].[NH2-].[NH2-].[OH3+].[OH3+]. The summed E-state index contributed by atoms with van der Waals surface area (Å²) in [6.45, 7) is 3.60. The maximum Gasteiger partial charge on any atom is 2.00 e. The Morgan fingerprint density at radius 3 is 0.914 bits per heavy atom. The van der Waals surface area contributed by atoms with Crippen molar-refractivity contribution in [3.05, 3.63) is 56.9 Å². The van der Waals surface area contributed by atoms with Crippen molar-refractivity contribution in [2.75, 3.05) is 13.2 Å². The molecule has 17 heteroatoms. The molecule has 0 fully saturated rings. The summed E-state index contributed by atoms with van der Waals surface area (Å²) in [5, 5.41) is 68.2. The maximum atomic E-state index is 8.52. The minimum absolute atomic E-state index is 0. The van der Waals surface area contributed by atoms with E-state index in [1.807, 2.05) is 0 Å². The minimum Gasteiger partial charge on any atom is -0.762 e. The van der Waals surface area contributed by atoms with Crippen molar-refractivity contribution < 1.29 is 71.6 Å². The molecule has 195 valence electrons. The predicted octanol–water partition coefficient (Wildman–Crippen LogP) is 1.61. The third-order valence-corrected chi connectivity index (χ3v) is 2.38. The van der Waals surface area contributed by atoms with Crippen LogP contribution in [-0.2, 0) is 71.6 Å². The van der Waals surface area contributed by atoms with Crippen LogP contribution in [0, 0.1) is 68.0 Å². The van der Waals surface area contributed by atoms with Crippen LogP contribution < -0.4 is 0 Å². The Bertz CT molecular complexity index is 919. The van der Waals surface area contributed by atoms with E-state index in [0.717, 1.165) is 0 Å². The van der Waals surface area contributed by atoms with Crippen LogP contribution in [0.15, 0.2) is 33.8 Å². The molecule has 0 aromatic rings. The molecule has 0 amide bonds. The van der Waals surface area contributed by atoms with Gasteiger partial charge in [-0.3, -0.25) is 0 Å². The van der Waals surface area contributed by atoms with E-state index in [9.17, 15) is 0 Å². The van der Waals surface area contributed by atoms with Crippen LogP contribution in [-0.4, -0.2) is 25.0 Å². The Hall–Kier alpha value is -3.68. The van der Waals surface area contributed by atoms with Crippen molar-refractivity contribution in [1.82, 2.24) is 0 Å². The molecule has 0 saturated carbocycles. The third-order valence-electron chi connectivity index (χ3n) is 2.38. The standard InChI is InChI=1S/2C9H5N4O.3Cu.2H2N.2H2O/c2*1-2-14-9(7(3-10)4-11)8(5-12)6-13;;;;;;;/h2*2H2,1H3;;;;4*1H2/q2*-1;3*+2;2*-1;;/p+2. The molecule has 0 aromatic heterocycles. The van der Waals surface area contributed by atoms with Crippen molar-refractivity contribution in [2.24, 2.45) is 0 Å². The monoisotopic (exact) mass is 629 g/mol. The number of nitrogens with two attached hydrogens (primary N) is 2. The largest absolute Gasteiger partial charge is 2.00 e. The van der Waals surface area contributed by atoms with Crippen LogP contribution in [0.5, 0.6) is 0 Å². The van der Waals surface area contributed by atoms with Crippen LogP contribution in [0.3, 0.4) is 0 Å². The van der Waals surface area contributed by atoms with E-state index in [2.05, 4.69) is 0 Å². The molecular formula is C18H20Cu3N10O4+4. The first-order chi connectivity index (χ1) is 13.5. The van der Waals surface area contributed by atoms with Crippen molar-refractivity contribution >= 4 is 11.7 Å². The average molecular weight is 631 g/mol. The molecule has 10 N–H and O–H groups in total. The summed E-state index contributed by atoms with van der Waals surface area (Å²) in [6.07, 6.45) is 0. The van der Waals surface area contributed by atoms with Gasteiger partial charge in [-0.15, -0.1) is 0 Å². The summed E-state index contributed by atoms with van der Waals surface area (Å²) in [5.74, 6) is 2.62. The van der Waals surface area contributed by atoms with Gasteiger partial charge >= 0.3 is 51.2 Å². The zero-order valence-electron chi connectivity index (χ0n) is 18.0. The van der Waals surface area contributed by atoms with E-state index in [0.29, 0.717) is 0 Å². The van der Waals surface area contributed by atoms with Gasteiger partial charge in [0, 0.05) is 0 Å². The van der Waals surface area contributed by atoms with E-state index in [4.69, 9.17) is 51.9 Å². The number of rotatable bonds is 6. The third kappa shape index (κ3) is 20.6. The number of nitrogens with zero attached hydrogens (tertiary/aromatic N) is 8. The summed E-state index contributed by atoms with van der Waals surface area (Å²) in [7, 11) is 0. The number of hydrogen-bond acceptors (Lipinski definition) is 8. The molecule has 0 aliphatic carbocycles. The second kappa shape index (κ2) is 37.6. The molecule has 35 heavy (non-hydrogen) atoms. The van der Waals surface area contributed by atoms with Gasteiger partial charge in [0.05, 0.1) is 13.2 Å². The number of hydrogen-bond donors (Lipinski definition) is 0. The predicted molar refractivity (Wildman–Crippen MR) is 115 cm³/mol. The number of nitriles is 6. The van der Waals surface area contributed by atoms with E-state index < -0.39 is 0 Å². The minimum atomic E-state index is -0.370. The Labute approximate surface area is 234 Å². The molecule has 0 atom stereocenters. The Kier molecular flexibility index (Phi) is 62.1. The molecule has 0 bridgehead atoms. The van der Waals surface area contributed by atoms with Gasteiger partial charge in [-0.1, -0.05) is 0 Å². The number of allylic oxidation sites excluding steroid dienone is 4. The van der Waals surface area contributed by atoms with Gasteiger partial charge < -0.3 is 43.5 Å². The normalized spacial score (nSPS) is 5.60. The quantitative estimate of drug-likeness (QED) is 0.103. The summed E-state index contributed by atoms with van der Waals surface area (Å²) >= 11 is 0. The van der Waals surface area contributed by atoms with Crippen molar-refractivity contribution in [3.8, 4) is 36.4 Å². The van der Waals surface area contributed by atoms with E-state index in [-0.39, 0.29) is 121 Å². The zero-order chi connectivity index (χ0) is 21.9. The molecule has 0 saturated heterocycles. The molecule has 0 rings (SSSR count). The molecular weight excluding hydrogens is 611 g/mol. The van der Waals surface area contributed by atoms with Crippen molar-refractivity contribution in [3.63, 3.8) is 0 Å². The van der Waals surface area contributed by atoms with E-state index >= 15 is 0 Å². The van der Waals surface area contributed by atoms with E-state index in [1.165, 1.54) is 0 Å². The second-order valence-electron chi connectivity index (χ2n) is 3.92. The summed E-state index contributed by atoms with van der Waals surface area (Å²) in [6, 6.07) is 9.34. The fraction of sp³-hybridized carbons (Fsp3) is 0.222. The van der Waals surface area contributed by atoms with Crippen LogP contribution in [0.1, 0.15) is 13.8 Å². The molecule has 3 radical (unpaired) electrons. The van der Waals surface area contributed by atoms with E-state index in [1.54, 1.807) is 62.0 Å². The second-order valence-corrected chi connectivity index (χ2v) is 3.92. The molecule has 0 aliphatic rings. The van der Waals surface area contributed by atoms with Gasteiger partial charge in [-0.05, 0) is 13.8 Å². The molecule has 0 aromatic carbocycles. The van der Waals surface area contributed by atoms with Gasteiger partial charge in [0.2, 0.25) is 0 Å². The summed E-state index contributed by atoms with van der Waals surface area (Å²) in [4.78, 5) is 0. The Balaban J connectivity index is -0.0000000460. The van der Waals surface area contributed by atoms with Gasteiger partial charge in [0.25, 0.3) is 0 Å². The van der Waals surface area contributed by atoms with Crippen molar-refractivity contribution in [2.45, 2.75) is 13.8 Å². The first-order valence-electron chi connectivity index (χ1n) is 7.19. The number of ether oxygens (including phenoxy) is 2. The van der Waals surface area contributed by atoms with Crippen LogP contribution >= 0.6 is 0 Å². The zero-order valence-corrected chi connectivity index (χ0v) is 20.8. The molecule has 0 spiro atoms. The van der Waals surface area contributed by atoms with Crippen LogP contribution in [0.2, 0.25) is 0 Å². The van der Waals surface area contributed by atoms with Crippen molar-refractivity contribution in [1.29, 1.82) is 31.6 Å². The smallest absolute Gasteiger partial charge is 0.762 e. The Morgan fingerprint density at radius 1 is 0.571 bits per heavy atom. The topological polar surface area (TPSA) is 339 Å². The Morgan fingerprint density at radius 2 is 0.800 bits per heavy atom. The fourth-order valence-corrected chi connectivity index (χ4v) is 1.33.